The Morgan fingerprint density at radius 3 is 2.90 bits per heavy atom. The van der Waals surface area contributed by atoms with E-state index in [4.69, 9.17) is 4.74 Å². The van der Waals surface area contributed by atoms with Crippen molar-refractivity contribution >= 4 is 21.4 Å². The molecule has 1 atom stereocenters. The average molecular weight is 330 g/mol. The summed E-state index contributed by atoms with van der Waals surface area (Å²) in [6.07, 6.45) is 3.27. The molecule has 2 fully saturated rings. The number of hydrogen-bond acceptors (Lipinski definition) is 5. The van der Waals surface area contributed by atoms with E-state index >= 15 is 0 Å². The van der Waals surface area contributed by atoms with Gasteiger partial charge in [-0.1, -0.05) is 6.07 Å². The van der Waals surface area contributed by atoms with Gasteiger partial charge >= 0.3 is 0 Å². The fourth-order valence-corrected chi connectivity index (χ4v) is 4.38. The van der Waals surface area contributed by atoms with E-state index in [1.807, 2.05) is 0 Å². The summed E-state index contributed by atoms with van der Waals surface area (Å²) in [6.45, 7) is 4.17. The quantitative estimate of drug-likeness (QED) is 0.883. The first-order chi connectivity index (χ1) is 9.94. The normalized spacial score (nSPS) is 25.9. The number of nitrogens with zero attached hydrogens (tertiary/aromatic N) is 1. The molecule has 7 heteroatoms. The summed E-state index contributed by atoms with van der Waals surface area (Å²) in [5.74, 6) is 0.302. The van der Waals surface area contributed by atoms with Crippen LogP contribution in [-0.4, -0.2) is 51.4 Å². The number of sulfonamides is 1. The molecule has 1 aromatic heterocycles. The number of rotatable bonds is 5. The average Bonchev–Trinajstić information content (AvgIpc) is 2.88. The number of thiophene rings is 1. The summed E-state index contributed by atoms with van der Waals surface area (Å²) in [4.78, 5) is 3.82. The molecule has 0 aliphatic carbocycles. The third-order valence-corrected chi connectivity index (χ3v) is 5.80. The van der Waals surface area contributed by atoms with Crippen LogP contribution in [0.2, 0.25) is 0 Å². The fourth-order valence-electron chi connectivity index (χ4n) is 3.10. The van der Waals surface area contributed by atoms with Crippen molar-refractivity contribution in [3.05, 3.63) is 22.4 Å². The Morgan fingerprint density at radius 2 is 2.33 bits per heavy atom. The van der Waals surface area contributed by atoms with Gasteiger partial charge in [-0.05, 0) is 30.2 Å². The lowest BCUT2D eigenvalue weighted by Gasteiger charge is -2.52. The zero-order chi connectivity index (χ0) is 14.9. The van der Waals surface area contributed by atoms with Gasteiger partial charge in [-0.25, -0.2) is 13.1 Å². The molecule has 118 valence electrons. The van der Waals surface area contributed by atoms with Crippen molar-refractivity contribution in [2.45, 2.75) is 25.0 Å². The van der Waals surface area contributed by atoms with Crippen LogP contribution in [-0.2, 0) is 21.3 Å². The van der Waals surface area contributed by atoms with E-state index in [0.717, 1.165) is 32.5 Å². The molecule has 3 heterocycles. The fraction of sp³-hybridized carbons (Fsp3) is 0.714. The van der Waals surface area contributed by atoms with Crippen LogP contribution in [0.1, 0.15) is 17.7 Å². The predicted molar refractivity (Wildman–Crippen MR) is 83.8 cm³/mol. The van der Waals surface area contributed by atoms with Crippen molar-refractivity contribution in [1.82, 2.24) is 9.62 Å². The van der Waals surface area contributed by atoms with Gasteiger partial charge in [0.05, 0.1) is 18.5 Å². The van der Waals surface area contributed by atoms with E-state index in [9.17, 15) is 8.42 Å². The number of nitrogens with one attached hydrogen (secondary N) is 1. The van der Waals surface area contributed by atoms with Gasteiger partial charge in [-0.15, -0.1) is 11.3 Å². The Kier molecular flexibility index (Phi) is 4.38. The molecular weight excluding hydrogens is 308 g/mol. The van der Waals surface area contributed by atoms with Crippen molar-refractivity contribution in [3.63, 3.8) is 0 Å². The van der Waals surface area contributed by atoms with Crippen LogP contribution < -0.4 is 4.72 Å². The van der Waals surface area contributed by atoms with Gasteiger partial charge in [0.25, 0.3) is 0 Å². The second-order valence-corrected chi connectivity index (χ2v) is 9.11. The van der Waals surface area contributed by atoms with Gasteiger partial charge in [0.1, 0.15) is 0 Å². The smallest absolute Gasteiger partial charge is 0.208 e. The Hall–Kier alpha value is -0.470. The summed E-state index contributed by atoms with van der Waals surface area (Å²) >= 11 is 1.80. The predicted octanol–water partition coefficient (Wildman–Crippen LogP) is 1.28. The third kappa shape index (κ3) is 4.04. The molecule has 3 rings (SSSR count). The summed E-state index contributed by atoms with van der Waals surface area (Å²) in [6, 6.07) is 4.26. The molecule has 2 aliphatic rings. The van der Waals surface area contributed by atoms with Gasteiger partial charge in [-0.2, -0.15) is 0 Å². The van der Waals surface area contributed by atoms with E-state index < -0.39 is 10.0 Å². The standard InChI is InChI=1S/C14H22N2O3S2/c1-21(17,18)15-7-12-4-5-14(19-9-12)10-16(11-14)8-13-3-2-6-20-13/h2-3,6,12,15H,4-5,7-11H2,1H3/t12-/m0/s1. The maximum atomic E-state index is 11.1. The molecule has 2 saturated heterocycles. The Morgan fingerprint density at radius 1 is 1.52 bits per heavy atom. The summed E-state index contributed by atoms with van der Waals surface area (Å²) < 4.78 is 30.8. The van der Waals surface area contributed by atoms with Crippen LogP contribution in [0.4, 0.5) is 0 Å². The summed E-state index contributed by atoms with van der Waals surface area (Å²) in [5.41, 5.74) is 0.0266. The molecule has 0 radical (unpaired) electrons. The Bertz CT molecular complexity index is 555. The topological polar surface area (TPSA) is 58.6 Å². The largest absolute Gasteiger partial charge is 0.372 e. The molecule has 2 aliphatic heterocycles. The Balaban J connectivity index is 1.41. The van der Waals surface area contributed by atoms with Crippen molar-refractivity contribution in [2.75, 3.05) is 32.5 Å². The number of ether oxygens (including phenoxy) is 1. The zero-order valence-electron chi connectivity index (χ0n) is 12.2. The summed E-state index contributed by atoms with van der Waals surface area (Å²) in [7, 11) is -3.09. The van der Waals surface area contributed by atoms with E-state index in [-0.39, 0.29) is 5.60 Å². The summed E-state index contributed by atoms with van der Waals surface area (Å²) in [5, 5.41) is 2.11. The lowest BCUT2D eigenvalue weighted by Crippen LogP contribution is -2.64. The van der Waals surface area contributed by atoms with Crippen molar-refractivity contribution < 1.29 is 13.2 Å². The van der Waals surface area contributed by atoms with Crippen molar-refractivity contribution in [3.8, 4) is 0 Å². The molecule has 0 bridgehead atoms. The molecule has 0 aromatic carbocycles. The van der Waals surface area contributed by atoms with Gasteiger partial charge in [-0.3, -0.25) is 4.90 Å². The highest BCUT2D eigenvalue weighted by Crippen LogP contribution is 2.36. The van der Waals surface area contributed by atoms with Gasteiger partial charge in [0, 0.05) is 31.1 Å². The van der Waals surface area contributed by atoms with E-state index in [1.54, 1.807) is 11.3 Å². The van der Waals surface area contributed by atoms with E-state index in [0.29, 0.717) is 19.1 Å². The highest BCUT2D eigenvalue weighted by molar-refractivity contribution is 7.88. The SMILES string of the molecule is CS(=O)(=O)NC[C@@H]1CCC2(CN(Cc3cccs3)C2)OC1. The van der Waals surface area contributed by atoms with E-state index in [1.165, 1.54) is 11.1 Å². The van der Waals surface area contributed by atoms with Crippen molar-refractivity contribution in [1.29, 1.82) is 0 Å². The number of likely N-dealkylation sites (tertiary alicyclic amines) is 1. The minimum atomic E-state index is -3.09. The van der Waals surface area contributed by atoms with Crippen LogP contribution in [0.15, 0.2) is 17.5 Å². The zero-order valence-corrected chi connectivity index (χ0v) is 13.9. The van der Waals surface area contributed by atoms with Crippen LogP contribution in [0.3, 0.4) is 0 Å². The molecule has 0 unspecified atom stereocenters. The molecule has 21 heavy (non-hydrogen) atoms. The maximum absolute atomic E-state index is 11.1. The molecule has 1 aromatic rings. The second-order valence-electron chi connectivity index (χ2n) is 6.24. The Labute approximate surface area is 130 Å². The molecule has 5 nitrogen and oxygen atoms in total. The van der Waals surface area contributed by atoms with Gasteiger partial charge in [0.2, 0.25) is 10.0 Å². The van der Waals surface area contributed by atoms with Gasteiger partial charge in [0.15, 0.2) is 0 Å². The highest BCUT2D eigenvalue weighted by Gasteiger charge is 2.46. The first-order valence-electron chi connectivity index (χ1n) is 7.27. The third-order valence-electron chi connectivity index (χ3n) is 4.25. The van der Waals surface area contributed by atoms with Crippen molar-refractivity contribution in [2.24, 2.45) is 5.92 Å². The minimum Gasteiger partial charge on any atom is -0.372 e. The van der Waals surface area contributed by atoms with Crippen LogP contribution in [0.5, 0.6) is 0 Å². The first kappa shape index (κ1) is 15.4. The monoisotopic (exact) mass is 330 g/mol. The number of hydrogen-bond donors (Lipinski definition) is 1. The lowest BCUT2D eigenvalue weighted by atomic mass is 9.83. The molecule has 0 amide bonds. The lowest BCUT2D eigenvalue weighted by molar-refractivity contribution is -0.180. The van der Waals surface area contributed by atoms with Gasteiger partial charge < -0.3 is 4.74 Å². The molecule has 0 saturated carbocycles. The molecule has 1 N–H and O–H groups in total. The molecular formula is C14H22N2O3S2. The molecule has 1 spiro atoms. The first-order valence-corrected chi connectivity index (χ1v) is 10.0. The maximum Gasteiger partial charge on any atom is 0.208 e. The second kappa shape index (κ2) is 5.96. The van der Waals surface area contributed by atoms with Crippen LogP contribution in [0, 0.1) is 5.92 Å². The van der Waals surface area contributed by atoms with Crippen LogP contribution >= 0.6 is 11.3 Å². The minimum absolute atomic E-state index is 0.0266. The van der Waals surface area contributed by atoms with E-state index in [2.05, 4.69) is 27.1 Å². The highest BCUT2D eigenvalue weighted by atomic mass is 32.2. The van der Waals surface area contributed by atoms with Crippen LogP contribution in [0.25, 0.3) is 0 Å².